The van der Waals surface area contributed by atoms with E-state index in [0.717, 1.165) is 72.4 Å². The molecule has 1 saturated heterocycles. The SMILES string of the molecule is Cc1ccc(CN2CCC(c3nc(-c4ccc5c(c4)OCO5)c(-c4ccccn4)[nH]3)CC2)cc1. The summed E-state index contributed by atoms with van der Waals surface area (Å²) < 4.78 is 11.1. The molecule has 172 valence electrons. The van der Waals surface area contributed by atoms with Crippen molar-refractivity contribution in [2.75, 3.05) is 19.9 Å². The lowest BCUT2D eigenvalue weighted by Crippen LogP contribution is -2.32. The molecular weight excluding hydrogens is 424 g/mol. The molecule has 1 N–H and O–H groups in total. The van der Waals surface area contributed by atoms with E-state index >= 15 is 0 Å². The molecule has 2 aromatic heterocycles. The molecule has 4 aromatic rings. The molecule has 6 rings (SSSR count). The quantitative estimate of drug-likeness (QED) is 0.430. The Labute approximate surface area is 199 Å². The zero-order valence-electron chi connectivity index (χ0n) is 19.3. The van der Waals surface area contributed by atoms with Gasteiger partial charge in [0.05, 0.1) is 17.1 Å². The van der Waals surface area contributed by atoms with E-state index in [1.807, 2.05) is 42.6 Å². The molecule has 0 atom stereocenters. The summed E-state index contributed by atoms with van der Waals surface area (Å²) >= 11 is 0. The van der Waals surface area contributed by atoms with E-state index < -0.39 is 0 Å². The number of H-pyrrole nitrogens is 1. The van der Waals surface area contributed by atoms with Crippen molar-refractivity contribution in [3.05, 3.63) is 83.8 Å². The zero-order valence-corrected chi connectivity index (χ0v) is 19.3. The Hall–Kier alpha value is -3.64. The second kappa shape index (κ2) is 8.95. The van der Waals surface area contributed by atoms with Crippen LogP contribution in [0.3, 0.4) is 0 Å². The second-order valence-corrected chi connectivity index (χ2v) is 9.16. The lowest BCUT2D eigenvalue weighted by molar-refractivity contribution is 0.174. The van der Waals surface area contributed by atoms with Crippen LogP contribution >= 0.6 is 0 Å². The van der Waals surface area contributed by atoms with Gasteiger partial charge in [0, 0.05) is 24.2 Å². The lowest BCUT2D eigenvalue weighted by Gasteiger charge is -2.31. The Balaban J connectivity index is 1.25. The van der Waals surface area contributed by atoms with Gasteiger partial charge in [-0.15, -0.1) is 0 Å². The van der Waals surface area contributed by atoms with Gasteiger partial charge in [-0.1, -0.05) is 35.9 Å². The standard InChI is InChI=1S/C28H28N4O2/c1-19-5-7-20(8-6-19)17-32-14-11-21(12-15-32)28-30-26(27(31-28)23-4-2-3-13-29-23)22-9-10-24-25(16-22)34-18-33-24/h2-10,13,16,21H,11-12,14-15,17-18H2,1H3,(H,30,31). The Bertz CT molecular complexity index is 1280. The number of nitrogens with zero attached hydrogens (tertiary/aromatic N) is 3. The summed E-state index contributed by atoms with van der Waals surface area (Å²) in [5.41, 5.74) is 6.45. The Morgan fingerprint density at radius 1 is 0.971 bits per heavy atom. The predicted octanol–water partition coefficient (Wildman–Crippen LogP) is 5.56. The third-order valence-electron chi connectivity index (χ3n) is 6.79. The van der Waals surface area contributed by atoms with Crippen LogP contribution in [0.2, 0.25) is 0 Å². The van der Waals surface area contributed by atoms with Crippen LogP contribution in [0.15, 0.2) is 66.9 Å². The van der Waals surface area contributed by atoms with Gasteiger partial charge < -0.3 is 14.5 Å². The smallest absolute Gasteiger partial charge is 0.231 e. The summed E-state index contributed by atoms with van der Waals surface area (Å²) in [6.45, 7) is 5.54. The molecule has 6 heteroatoms. The van der Waals surface area contributed by atoms with Crippen LogP contribution < -0.4 is 9.47 Å². The number of nitrogens with one attached hydrogen (secondary N) is 1. The maximum Gasteiger partial charge on any atom is 0.231 e. The highest BCUT2D eigenvalue weighted by Gasteiger charge is 2.26. The summed E-state index contributed by atoms with van der Waals surface area (Å²) in [5.74, 6) is 2.99. The molecule has 2 aliphatic rings. The molecule has 0 aliphatic carbocycles. The minimum Gasteiger partial charge on any atom is -0.454 e. The van der Waals surface area contributed by atoms with Gasteiger partial charge in [-0.3, -0.25) is 9.88 Å². The fourth-order valence-corrected chi connectivity index (χ4v) is 4.85. The molecule has 1 fully saturated rings. The molecule has 34 heavy (non-hydrogen) atoms. The van der Waals surface area contributed by atoms with Gasteiger partial charge in [0.1, 0.15) is 5.82 Å². The lowest BCUT2D eigenvalue weighted by atomic mass is 9.95. The van der Waals surface area contributed by atoms with Crippen molar-refractivity contribution in [1.29, 1.82) is 0 Å². The van der Waals surface area contributed by atoms with Crippen LogP contribution in [0.25, 0.3) is 22.6 Å². The Morgan fingerprint density at radius 2 is 1.79 bits per heavy atom. The van der Waals surface area contributed by atoms with Crippen molar-refractivity contribution in [3.63, 3.8) is 0 Å². The Kier molecular flexibility index (Phi) is 5.51. The van der Waals surface area contributed by atoms with Gasteiger partial charge in [0.15, 0.2) is 11.5 Å². The third kappa shape index (κ3) is 4.17. The van der Waals surface area contributed by atoms with Crippen LogP contribution in [0, 0.1) is 6.92 Å². The minimum absolute atomic E-state index is 0.263. The highest BCUT2D eigenvalue weighted by atomic mass is 16.7. The van der Waals surface area contributed by atoms with Crippen molar-refractivity contribution in [2.24, 2.45) is 0 Å². The summed E-state index contributed by atoms with van der Waals surface area (Å²) in [7, 11) is 0. The van der Waals surface area contributed by atoms with E-state index in [1.54, 1.807) is 0 Å². The molecule has 0 amide bonds. The highest BCUT2D eigenvalue weighted by molar-refractivity contribution is 5.78. The minimum atomic E-state index is 0.263. The maximum absolute atomic E-state index is 5.62. The summed E-state index contributed by atoms with van der Waals surface area (Å²) in [6, 6.07) is 20.9. The van der Waals surface area contributed by atoms with E-state index in [9.17, 15) is 0 Å². The van der Waals surface area contributed by atoms with Crippen molar-refractivity contribution in [1.82, 2.24) is 19.9 Å². The number of rotatable bonds is 5. The molecule has 0 radical (unpaired) electrons. The fourth-order valence-electron chi connectivity index (χ4n) is 4.85. The number of fused-ring (bicyclic) bond motifs is 1. The predicted molar refractivity (Wildman–Crippen MR) is 132 cm³/mol. The number of pyridine rings is 1. The number of hydrogen-bond donors (Lipinski definition) is 1. The first kappa shape index (κ1) is 20.9. The number of likely N-dealkylation sites (tertiary alicyclic amines) is 1. The molecule has 0 unspecified atom stereocenters. The first-order valence-electron chi connectivity index (χ1n) is 11.9. The average molecular weight is 453 g/mol. The third-order valence-corrected chi connectivity index (χ3v) is 6.79. The molecular formula is C28H28N4O2. The summed E-state index contributed by atoms with van der Waals surface area (Å²) in [6.07, 6.45) is 3.99. The molecule has 2 aromatic carbocycles. The molecule has 2 aliphatic heterocycles. The fraction of sp³-hybridized carbons (Fsp3) is 0.286. The van der Waals surface area contributed by atoms with E-state index in [1.165, 1.54) is 11.1 Å². The number of piperidine rings is 1. The molecule has 0 saturated carbocycles. The monoisotopic (exact) mass is 452 g/mol. The number of benzene rings is 2. The first-order chi connectivity index (χ1) is 16.7. The van der Waals surface area contributed by atoms with Crippen LogP contribution in [-0.2, 0) is 6.54 Å². The molecule has 0 spiro atoms. The van der Waals surface area contributed by atoms with E-state index in [-0.39, 0.29) is 6.79 Å². The van der Waals surface area contributed by atoms with E-state index in [2.05, 4.69) is 46.1 Å². The van der Waals surface area contributed by atoms with Crippen LogP contribution in [0.4, 0.5) is 0 Å². The number of aromatic amines is 1. The Morgan fingerprint density at radius 3 is 2.59 bits per heavy atom. The van der Waals surface area contributed by atoms with Gasteiger partial charge >= 0.3 is 0 Å². The van der Waals surface area contributed by atoms with Crippen molar-refractivity contribution < 1.29 is 9.47 Å². The van der Waals surface area contributed by atoms with E-state index in [4.69, 9.17) is 14.5 Å². The zero-order chi connectivity index (χ0) is 22.9. The first-order valence-corrected chi connectivity index (χ1v) is 11.9. The van der Waals surface area contributed by atoms with Crippen LogP contribution in [0.1, 0.15) is 35.7 Å². The number of aryl methyl sites for hydroxylation is 1. The number of ether oxygens (including phenoxy) is 2. The largest absolute Gasteiger partial charge is 0.454 e. The molecule has 6 nitrogen and oxygen atoms in total. The number of aromatic nitrogens is 3. The van der Waals surface area contributed by atoms with Crippen LogP contribution in [-0.4, -0.2) is 39.7 Å². The average Bonchev–Trinajstić information content (AvgIpc) is 3.53. The summed E-state index contributed by atoms with van der Waals surface area (Å²) in [5, 5.41) is 0. The van der Waals surface area contributed by atoms with Crippen LogP contribution in [0.5, 0.6) is 11.5 Å². The van der Waals surface area contributed by atoms with Crippen molar-refractivity contribution in [2.45, 2.75) is 32.2 Å². The number of imidazole rings is 1. The van der Waals surface area contributed by atoms with Gasteiger partial charge in [0.2, 0.25) is 6.79 Å². The molecule has 4 heterocycles. The van der Waals surface area contributed by atoms with Gasteiger partial charge in [-0.2, -0.15) is 0 Å². The summed E-state index contributed by atoms with van der Waals surface area (Å²) in [4.78, 5) is 15.9. The van der Waals surface area contributed by atoms with Gasteiger partial charge in [-0.05, 0) is 68.8 Å². The normalized spacial score (nSPS) is 16.1. The highest BCUT2D eigenvalue weighted by Crippen LogP contribution is 2.39. The van der Waals surface area contributed by atoms with E-state index in [0.29, 0.717) is 5.92 Å². The second-order valence-electron chi connectivity index (χ2n) is 9.16. The van der Waals surface area contributed by atoms with Crippen molar-refractivity contribution >= 4 is 0 Å². The number of hydrogen-bond acceptors (Lipinski definition) is 5. The van der Waals surface area contributed by atoms with Crippen molar-refractivity contribution in [3.8, 4) is 34.1 Å². The maximum atomic E-state index is 5.62. The topological polar surface area (TPSA) is 63.3 Å². The molecule has 0 bridgehead atoms. The van der Waals surface area contributed by atoms with Gasteiger partial charge in [0.25, 0.3) is 0 Å². The van der Waals surface area contributed by atoms with Gasteiger partial charge in [-0.25, -0.2) is 4.98 Å².